The van der Waals surface area contributed by atoms with Crippen molar-refractivity contribution in [1.82, 2.24) is 9.78 Å². The molecule has 4 saturated carbocycles. The highest BCUT2D eigenvalue weighted by Gasteiger charge is 2.52. The average molecular weight is 550 g/mol. The van der Waals surface area contributed by atoms with Crippen LogP contribution >= 0.6 is 0 Å². The van der Waals surface area contributed by atoms with Gasteiger partial charge in [-0.05, 0) is 73.3 Å². The first-order chi connectivity index (χ1) is 19.3. The lowest BCUT2D eigenvalue weighted by atomic mass is 9.48. The van der Waals surface area contributed by atoms with Gasteiger partial charge in [-0.25, -0.2) is 4.68 Å². The summed E-state index contributed by atoms with van der Waals surface area (Å²) in [5, 5.41) is 7.42. The molecule has 1 N–H and O–H groups in total. The molecule has 2 aromatic carbocycles. The number of alkyl halides is 3. The van der Waals surface area contributed by atoms with E-state index < -0.39 is 18.3 Å². The molecule has 4 bridgehead atoms. The maximum Gasteiger partial charge on any atom is 0.410 e. The molecular weight excluding hydrogens is 515 g/mol. The molecule has 40 heavy (non-hydrogen) atoms. The Bertz CT molecular complexity index is 1360. The number of ether oxygens (including phenoxy) is 1. The van der Waals surface area contributed by atoms with Crippen molar-refractivity contribution < 1.29 is 22.7 Å². The largest absolute Gasteiger partial charge is 0.489 e. The van der Waals surface area contributed by atoms with Crippen LogP contribution in [0.5, 0.6) is 5.75 Å². The molecule has 1 aliphatic heterocycles. The van der Waals surface area contributed by atoms with Crippen LogP contribution < -0.4 is 10.1 Å². The SMILES string of the molecule is O=C(CC12CC3CC(CC(C3)C1)C2)c1cnn2c1NC(c1ccccc1OCc1ccccc1)CC2C(F)(F)F. The molecule has 8 rings (SSSR count). The predicted molar refractivity (Wildman–Crippen MR) is 145 cm³/mol. The third-order valence-corrected chi connectivity index (χ3v) is 9.77. The van der Waals surface area contributed by atoms with Crippen LogP contribution in [0.4, 0.5) is 19.0 Å². The van der Waals surface area contributed by atoms with Crippen molar-refractivity contribution in [3.8, 4) is 5.75 Å². The van der Waals surface area contributed by atoms with Crippen molar-refractivity contribution in [3.63, 3.8) is 0 Å². The average Bonchev–Trinajstić information content (AvgIpc) is 3.35. The maximum atomic E-state index is 14.4. The molecule has 4 fully saturated rings. The third kappa shape index (κ3) is 4.69. The Hall–Kier alpha value is -3.29. The number of carbonyl (C=O) groups excluding carboxylic acids is 1. The van der Waals surface area contributed by atoms with E-state index in [0.29, 0.717) is 42.1 Å². The summed E-state index contributed by atoms with van der Waals surface area (Å²) >= 11 is 0. The van der Waals surface area contributed by atoms with Gasteiger partial charge >= 0.3 is 6.18 Å². The molecule has 0 radical (unpaired) electrons. The van der Waals surface area contributed by atoms with Crippen LogP contribution in [-0.4, -0.2) is 21.7 Å². The predicted octanol–water partition coefficient (Wildman–Crippen LogP) is 7.91. The summed E-state index contributed by atoms with van der Waals surface area (Å²) in [4.78, 5) is 13.8. The second kappa shape index (κ2) is 9.67. The fourth-order valence-electron chi connectivity index (χ4n) is 8.55. The molecule has 2 heterocycles. The monoisotopic (exact) mass is 549 g/mol. The Balaban J connectivity index is 1.17. The van der Waals surface area contributed by atoms with Crippen LogP contribution in [0, 0.1) is 23.2 Å². The molecule has 2 atom stereocenters. The molecule has 2 unspecified atom stereocenters. The summed E-state index contributed by atoms with van der Waals surface area (Å²) in [5.41, 5.74) is 1.88. The van der Waals surface area contributed by atoms with E-state index in [1.165, 1.54) is 25.5 Å². The lowest BCUT2D eigenvalue weighted by Crippen LogP contribution is -2.46. The number of hydrogen-bond donors (Lipinski definition) is 1. The zero-order chi connectivity index (χ0) is 27.5. The molecule has 3 aromatic rings. The molecule has 5 nitrogen and oxygen atoms in total. The minimum atomic E-state index is -4.51. The molecular formula is C32H34F3N3O2. The van der Waals surface area contributed by atoms with Crippen molar-refractivity contribution in [2.24, 2.45) is 23.2 Å². The summed E-state index contributed by atoms with van der Waals surface area (Å²) in [6.45, 7) is 0.306. The second-order valence-corrected chi connectivity index (χ2v) is 12.7. The van der Waals surface area contributed by atoms with Crippen molar-refractivity contribution in [2.45, 2.75) is 76.2 Å². The first kappa shape index (κ1) is 25.7. The zero-order valence-corrected chi connectivity index (χ0v) is 22.4. The van der Waals surface area contributed by atoms with E-state index in [0.717, 1.165) is 29.5 Å². The number of nitrogens with one attached hydrogen (secondary N) is 1. The van der Waals surface area contributed by atoms with Crippen LogP contribution in [0.2, 0.25) is 0 Å². The van der Waals surface area contributed by atoms with Crippen LogP contribution in [0.1, 0.15) is 84.9 Å². The Kier molecular flexibility index (Phi) is 6.20. The smallest absolute Gasteiger partial charge is 0.410 e. The van der Waals surface area contributed by atoms with E-state index >= 15 is 0 Å². The highest BCUT2D eigenvalue weighted by Crippen LogP contribution is 2.61. The molecule has 4 aliphatic carbocycles. The van der Waals surface area contributed by atoms with E-state index in [-0.39, 0.29) is 29.0 Å². The van der Waals surface area contributed by atoms with E-state index in [9.17, 15) is 18.0 Å². The Labute approximate surface area is 232 Å². The fraction of sp³-hybridized carbons (Fsp3) is 0.500. The van der Waals surface area contributed by atoms with Crippen molar-refractivity contribution in [1.29, 1.82) is 0 Å². The zero-order valence-electron chi connectivity index (χ0n) is 22.4. The third-order valence-electron chi connectivity index (χ3n) is 9.77. The number of rotatable bonds is 7. The van der Waals surface area contributed by atoms with E-state index in [2.05, 4.69) is 10.4 Å². The van der Waals surface area contributed by atoms with Gasteiger partial charge < -0.3 is 10.1 Å². The molecule has 0 amide bonds. The summed E-state index contributed by atoms with van der Waals surface area (Å²) in [6.07, 6.45) is 4.04. The Morgan fingerprint density at radius 1 is 0.950 bits per heavy atom. The van der Waals surface area contributed by atoms with Crippen molar-refractivity contribution >= 4 is 11.6 Å². The van der Waals surface area contributed by atoms with Gasteiger partial charge in [0.1, 0.15) is 18.2 Å². The number of ketones is 1. The summed E-state index contributed by atoms with van der Waals surface area (Å²) in [6, 6.07) is 14.3. The van der Waals surface area contributed by atoms with Gasteiger partial charge in [-0.1, -0.05) is 48.5 Å². The normalized spacial score (nSPS) is 30.5. The first-order valence-corrected chi connectivity index (χ1v) is 14.5. The van der Waals surface area contributed by atoms with Crippen LogP contribution in [-0.2, 0) is 6.61 Å². The molecule has 0 saturated heterocycles. The van der Waals surface area contributed by atoms with Gasteiger partial charge in [-0.15, -0.1) is 0 Å². The molecule has 8 heteroatoms. The number of para-hydroxylation sites is 1. The fourth-order valence-corrected chi connectivity index (χ4v) is 8.55. The van der Waals surface area contributed by atoms with E-state index in [4.69, 9.17) is 4.74 Å². The topological polar surface area (TPSA) is 56.2 Å². The maximum absolute atomic E-state index is 14.4. The highest BCUT2D eigenvalue weighted by molar-refractivity contribution is 6.01. The number of hydrogen-bond acceptors (Lipinski definition) is 4. The van der Waals surface area contributed by atoms with Gasteiger partial charge in [-0.2, -0.15) is 18.3 Å². The number of Topliss-reactive ketones (excluding diaryl/α,β-unsaturated/α-hetero) is 1. The number of aromatic nitrogens is 2. The molecule has 210 valence electrons. The standard InChI is InChI=1S/C32H34F3N3O2/c33-32(34,35)29-13-26(24-8-4-5-9-28(24)40-19-20-6-2-1-3-7-20)37-30-25(18-36-38(29)30)27(39)17-31-14-21-10-22(15-31)12-23(11-21)16-31/h1-9,18,21-23,26,29,37H,10-17,19H2. The molecule has 1 aromatic heterocycles. The number of benzene rings is 2. The Morgan fingerprint density at radius 2 is 1.60 bits per heavy atom. The minimum Gasteiger partial charge on any atom is -0.489 e. The number of carbonyl (C=O) groups is 1. The Morgan fingerprint density at radius 3 is 2.27 bits per heavy atom. The van der Waals surface area contributed by atoms with Crippen LogP contribution in [0.25, 0.3) is 0 Å². The van der Waals surface area contributed by atoms with Gasteiger partial charge in [0.2, 0.25) is 0 Å². The highest BCUT2D eigenvalue weighted by atomic mass is 19.4. The van der Waals surface area contributed by atoms with E-state index in [1.54, 1.807) is 18.2 Å². The number of halogens is 3. The first-order valence-electron chi connectivity index (χ1n) is 14.5. The minimum absolute atomic E-state index is 0.00394. The van der Waals surface area contributed by atoms with Gasteiger partial charge in [0.15, 0.2) is 11.8 Å². The lowest BCUT2D eigenvalue weighted by molar-refractivity contribution is -0.173. The number of nitrogens with zero attached hydrogens (tertiary/aromatic N) is 2. The lowest BCUT2D eigenvalue weighted by Gasteiger charge is -2.56. The second-order valence-electron chi connectivity index (χ2n) is 12.7. The quantitative estimate of drug-likeness (QED) is 0.304. The summed E-state index contributed by atoms with van der Waals surface area (Å²) < 4.78 is 50.2. The van der Waals surface area contributed by atoms with E-state index in [1.807, 2.05) is 36.4 Å². The van der Waals surface area contributed by atoms with Crippen molar-refractivity contribution in [3.05, 3.63) is 77.5 Å². The summed E-state index contributed by atoms with van der Waals surface area (Å²) in [5.74, 6) is 2.70. The summed E-state index contributed by atoms with van der Waals surface area (Å²) in [7, 11) is 0. The number of anilines is 1. The van der Waals surface area contributed by atoms with Gasteiger partial charge in [-0.3, -0.25) is 4.79 Å². The van der Waals surface area contributed by atoms with Crippen molar-refractivity contribution in [2.75, 3.05) is 5.32 Å². The van der Waals surface area contributed by atoms with Gasteiger partial charge in [0, 0.05) is 18.4 Å². The molecule has 0 spiro atoms. The van der Waals surface area contributed by atoms with Crippen LogP contribution in [0.15, 0.2) is 60.8 Å². The van der Waals surface area contributed by atoms with Gasteiger partial charge in [0.25, 0.3) is 0 Å². The van der Waals surface area contributed by atoms with Gasteiger partial charge in [0.05, 0.1) is 17.8 Å². The number of fused-ring (bicyclic) bond motifs is 1. The molecule has 5 aliphatic rings. The van der Waals surface area contributed by atoms with Crippen LogP contribution in [0.3, 0.4) is 0 Å².